The zero-order valence-electron chi connectivity index (χ0n) is 9.20. The number of rotatable bonds is 5. The van der Waals surface area contributed by atoms with E-state index in [2.05, 4.69) is 5.32 Å². The van der Waals surface area contributed by atoms with Crippen molar-refractivity contribution in [2.75, 3.05) is 11.9 Å². The van der Waals surface area contributed by atoms with Crippen molar-refractivity contribution < 1.29 is 23.8 Å². The summed E-state index contributed by atoms with van der Waals surface area (Å²) in [6, 6.07) is 3.60. The highest BCUT2D eigenvalue weighted by molar-refractivity contribution is 6.02. The lowest BCUT2D eigenvalue weighted by Gasteiger charge is -2.10. The quantitative estimate of drug-likeness (QED) is 0.768. The van der Waals surface area contributed by atoms with E-state index < -0.39 is 24.1 Å². The Kier molecular flexibility index (Phi) is 4.45. The third-order valence-electron chi connectivity index (χ3n) is 1.83. The number of halogens is 1. The maximum Gasteiger partial charge on any atom is 0.312 e. The molecule has 0 heterocycles. The molecule has 17 heavy (non-hydrogen) atoms. The van der Waals surface area contributed by atoms with Gasteiger partial charge in [-0.05, 0) is 19.1 Å². The molecule has 0 unspecified atom stereocenters. The van der Waals surface area contributed by atoms with Crippen LogP contribution in [0.2, 0.25) is 0 Å². The number of aliphatic carboxylic acids is 1. The predicted octanol–water partition coefficient (Wildman–Crippen LogP) is 1.64. The van der Waals surface area contributed by atoms with Crippen LogP contribution in [-0.2, 0) is 9.59 Å². The van der Waals surface area contributed by atoms with Crippen LogP contribution in [0.1, 0.15) is 13.3 Å². The van der Waals surface area contributed by atoms with E-state index in [1.165, 1.54) is 6.07 Å². The molecule has 2 N–H and O–H groups in total. The molecule has 0 atom stereocenters. The van der Waals surface area contributed by atoms with Crippen molar-refractivity contribution in [1.82, 2.24) is 0 Å². The van der Waals surface area contributed by atoms with E-state index in [1.54, 1.807) is 6.92 Å². The molecule has 1 aromatic rings. The van der Waals surface area contributed by atoms with Crippen molar-refractivity contribution in [3.05, 3.63) is 24.0 Å². The molecule has 1 rings (SSSR count). The van der Waals surface area contributed by atoms with Crippen LogP contribution in [0.15, 0.2) is 18.2 Å². The van der Waals surface area contributed by atoms with Crippen LogP contribution in [0.4, 0.5) is 10.1 Å². The molecule has 1 amide bonds. The molecule has 0 radical (unpaired) electrons. The van der Waals surface area contributed by atoms with Crippen molar-refractivity contribution in [3.8, 4) is 5.75 Å². The molecule has 0 aromatic heterocycles. The van der Waals surface area contributed by atoms with Gasteiger partial charge in [0, 0.05) is 6.07 Å². The normalized spacial score (nSPS) is 9.76. The SMILES string of the molecule is CCOc1cc(F)ccc1NC(=O)CC(=O)O. The maximum atomic E-state index is 12.9. The largest absolute Gasteiger partial charge is 0.492 e. The summed E-state index contributed by atoms with van der Waals surface area (Å²) >= 11 is 0. The molecule has 0 fully saturated rings. The first-order valence-corrected chi connectivity index (χ1v) is 4.97. The van der Waals surface area contributed by atoms with Gasteiger partial charge in [0.05, 0.1) is 12.3 Å². The molecule has 6 heteroatoms. The first-order chi connectivity index (χ1) is 8.02. The zero-order valence-corrected chi connectivity index (χ0v) is 9.20. The Labute approximate surface area is 97.2 Å². The highest BCUT2D eigenvalue weighted by Crippen LogP contribution is 2.25. The molecule has 92 valence electrons. The Balaban J connectivity index is 2.82. The number of hydrogen-bond acceptors (Lipinski definition) is 3. The Morgan fingerprint density at radius 1 is 1.47 bits per heavy atom. The van der Waals surface area contributed by atoms with Gasteiger partial charge in [-0.3, -0.25) is 9.59 Å². The average Bonchev–Trinajstić information content (AvgIpc) is 2.21. The van der Waals surface area contributed by atoms with Gasteiger partial charge >= 0.3 is 5.97 Å². The van der Waals surface area contributed by atoms with Crippen molar-refractivity contribution in [3.63, 3.8) is 0 Å². The lowest BCUT2D eigenvalue weighted by atomic mass is 10.2. The predicted molar refractivity (Wildman–Crippen MR) is 58.5 cm³/mol. The minimum Gasteiger partial charge on any atom is -0.492 e. The van der Waals surface area contributed by atoms with Crippen LogP contribution in [0.3, 0.4) is 0 Å². The average molecular weight is 241 g/mol. The van der Waals surface area contributed by atoms with Crippen LogP contribution in [-0.4, -0.2) is 23.6 Å². The Morgan fingerprint density at radius 2 is 2.18 bits per heavy atom. The van der Waals surface area contributed by atoms with Crippen molar-refractivity contribution in [2.24, 2.45) is 0 Å². The van der Waals surface area contributed by atoms with Crippen LogP contribution in [0.5, 0.6) is 5.75 Å². The molecular weight excluding hydrogens is 229 g/mol. The minimum atomic E-state index is -1.23. The van der Waals surface area contributed by atoms with Gasteiger partial charge < -0.3 is 15.2 Å². The van der Waals surface area contributed by atoms with E-state index in [9.17, 15) is 14.0 Å². The van der Waals surface area contributed by atoms with E-state index in [1.807, 2.05) is 0 Å². The molecule has 0 aliphatic heterocycles. The first kappa shape index (κ1) is 13.0. The topological polar surface area (TPSA) is 75.6 Å². The molecule has 5 nitrogen and oxygen atoms in total. The van der Waals surface area contributed by atoms with Gasteiger partial charge in [0.2, 0.25) is 5.91 Å². The summed E-state index contributed by atoms with van der Waals surface area (Å²) in [5.74, 6) is -2.25. The summed E-state index contributed by atoms with van der Waals surface area (Å²) in [7, 11) is 0. The van der Waals surface area contributed by atoms with Crippen molar-refractivity contribution in [1.29, 1.82) is 0 Å². The van der Waals surface area contributed by atoms with Crippen molar-refractivity contribution in [2.45, 2.75) is 13.3 Å². The highest BCUT2D eigenvalue weighted by Gasteiger charge is 2.11. The second kappa shape index (κ2) is 5.83. The fourth-order valence-electron chi connectivity index (χ4n) is 1.21. The summed E-state index contributed by atoms with van der Waals surface area (Å²) in [6.07, 6.45) is -0.650. The number of benzene rings is 1. The molecule has 0 aliphatic carbocycles. The molecule has 1 aromatic carbocycles. The van der Waals surface area contributed by atoms with Gasteiger partial charge in [0.1, 0.15) is 18.0 Å². The number of amides is 1. The summed E-state index contributed by atoms with van der Waals surface area (Å²) in [4.78, 5) is 21.5. The number of carboxylic acids is 1. The fourth-order valence-corrected chi connectivity index (χ4v) is 1.21. The van der Waals surface area contributed by atoms with Gasteiger partial charge in [0.15, 0.2) is 0 Å². The third-order valence-corrected chi connectivity index (χ3v) is 1.83. The molecule has 0 saturated carbocycles. The van der Waals surface area contributed by atoms with Crippen LogP contribution >= 0.6 is 0 Å². The standard InChI is InChI=1S/C11H12FNO4/c1-2-17-9-5-7(12)3-4-8(9)13-10(14)6-11(15)16/h3-5H,2,6H2,1H3,(H,13,14)(H,15,16). The van der Waals surface area contributed by atoms with Gasteiger partial charge in [-0.25, -0.2) is 4.39 Å². The van der Waals surface area contributed by atoms with Gasteiger partial charge in [-0.2, -0.15) is 0 Å². The van der Waals surface area contributed by atoms with Gasteiger partial charge in [0.25, 0.3) is 0 Å². The molecular formula is C11H12FNO4. The number of hydrogen-bond donors (Lipinski definition) is 2. The molecule has 0 saturated heterocycles. The number of ether oxygens (including phenoxy) is 1. The molecule has 0 bridgehead atoms. The van der Waals surface area contributed by atoms with E-state index in [-0.39, 0.29) is 11.4 Å². The Hall–Kier alpha value is -2.11. The monoisotopic (exact) mass is 241 g/mol. The van der Waals surface area contributed by atoms with E-state index in [0.29, 0.717) is 6.61 Å². The second-order valence-corrected chi connectivity index (χ2v) is 3.19. The lowest BCUT2D eigenvalue weighted by molar-refractivity contribution is -0.139. The number of carbonyl (C=O) groups is 2. The van der Waals surface area contributed by atoms with Gasteiger partial charge in [-0.1, -0.05) is 0 Å². The smallest absolute Gasteiger partial charge is 0.312 e. The van der Waals surface area contributed by atoms with Crippen LogP contribution < -0.4 is 10.1 Å². The fraction of sp³-hybridized carbons (Fsp3) is 0.273. The number of nitrogens with one attached hydrogen (secondary N) is 1. The van der Waals surface area contributed by atoms with E-state index in [4.69, 9.17) is 9.84 Å². The summed E-state index contributed by atoms with van der Waals surface area (Å²) < 4.78 is 18.1. The summed E-state index contributed by atoms with van der Waals surface area (Å²) in [6.45, 7) is 2.03. The highest BCUT2D eigenvalue weighted by atomic mass is 19.1. The Morgan fingerprint density at radius 3 is 2.76 bits per heavy atom. The molecule has 0 aliphatic rings. The number of carboxylic acid groups (broad SMARTS) is 1. The van der Waals surface area contributed by atoms with E-state index in [0.717, 1.165) is 12.1 Å². The second-order valence-electron chi connectivity index (χ2n) is 3.19. The Bertz CT molecular complexity index is 433. The third kappa shape index (κ3) is 4.10. The molecule has 0 spiro atoms. The maximum absolute atomic E-state index is 12.9. The lowest BCUT2D eigenvalue weighted by Crippen LogP contribution is -2.16. The van der Waals surface area contributed by atoms with Crippen LogP contribution in [0.25, 0.3) is 0 Å². The number of anilines is 1. The van der Waals surface area contributed by atoms with E-state index >= 15 is 0 Å². The summed E-state index contributed by atoms with van der Waals surface area (Å²) in [5.41, 5.74) is 0.250. The minimum absolute atomic E-state index is 0.172. The van der Waals surface area contributed by atoms with Crippen LogP contribution in [0, 0.1) is 5.82 Å². The van der Waals surface area contributed by atoms with Crippen molar-refractivity contribution >= 4 is 17.6 Å². The summed E-state index contributed by atoms with van der Waals surface area (Å²) in [5, 5.41) is 10.8. The number of carbonyl (C=O) groups excluding carboxylic acids is 1. The van der Waals surface area contributed by atoms with Gasteiger partial charge in [-0.15, -0.1) is 0 Å². The first-order valence-electron chi connectivity index (χ1n) is 4.97. The zero-order chi connectivity index (χ0) is 12.8.